The van der Waals surface area contributed by atoms with Gasteiger partial charge < -0.3 is 5.73 Å². The average Bonchev–Trinajstić information content (AvgIpc) is 2.74. The molecule has 0 bridgehead atoms. The van der Waals surface area contributed by atoms with Gasteiger partial charge in [0, 0.05) is 17.6 Å². The van der Waals surface area contributed by atoms with Crippen molar-refractivity contribution in [2.45, 2.75) is 51.5 Å². The van der Waals surface area contributed by atoms with Crippen molar-refractivity contribution in [3.8, 4) is 0 Å². The molecule has 1 aliphatic carbocycles. The first-order chi connectivity index (χ1) is 10.0. The maximum Gasteiger partial charge on any atom is 0.240 e. The van der Waals surface area contributed by atoms with E-state index < -0.39 is 11.9 Å². The second-order valence-electron chi connectivity index (χ2n) is 6.29. The summed E-state index contributed by atoms with van der Waals surface area (Å²) in [6.07, 6.45) is 7.25. The van der Waals surface area contributed by atoms with Crippen molar-refractivity contribution in [2.75, 3.05) is 4.90 Å². The highest BCUT2D eigenvalue weighted by Gasteiger charge is 2.53. The van der Waals surface area contributed by atoms with Gasteiger partial charge in [0.05, 0.1) is 5.41 Å². The van der Waals surface area contributed by atoms with Crippen LogP contribution in [-0.4, -0.2) is 22.8 Å². The normalized spacial score (nSPS) is 24.5. The number of carbonyl (C=O) groups is 2. The van der Waals surface area contributed by atoms with Gasteiger partial charge in [-0.3, -0.25) is 19.5 Å². The second-order valence-corrected chi connectivity index (χ2v) is 6.29. The van der Waals surface area contributed by atoms with Gasteiger partial charge in [-0.1, -0.05) is 19.3 Å². The Labute approximate surface area is 124 Å². The third-order valence-electron chi connectivity index (χ3n) is 4.87. The Morgan fingerprint density at radius 1 is 1.38 bits per heavy atom. The zero-order valence-electron chi connectivity index (χ0n) is 12.3. The average molecular weight is 287 g/mol. The van der Waals surface area contributed by atoms with Gasteiger partial charge in [-0.25, -0.2) is 0 Å². The summed E-state index contributed by atoms with van der Waals surface area (Å²) >= 11 is 0. The molecule has 1 unspecified atom stereocenters. The van der Waals surface area contributed by atoms with Crippen molar-refractivity contribution in [1.82, 2.24) is 4.98 Å². The Morgan fingerprint density at radius 2 is 2.10 bits per heavy atom. The Kier molecular flexibility index (Phi) is 3.43. The molecule has 2 amide bonds. The predicted molar refractivity (Wildman–Crippen MR) is 79.6 cm³/mol. The summed E-state index contributed by atoms with van der Waals surface area (Å²) in [6.45, 7) is 1.87. The third kappa shape index (κ3) is 2.30. The summed E-state index contributed by atoms with van der Waals surface area (Å²) in [7, 11) is 0. The van der Waals surface area contributed by atoms with Crippen molar-refractivity contribution in [1.29, 1.82) is 0 Å². The molecule has 0 aromatic carbocycles. The van der Waals surface area contributed by atoms with Gasteiger partial charge in [-0.2, -0.15) is 0 Å². The largest absolute Gasteiger partial charge is 0.368 e. The topological polar surface area (TPSA) is 76.3 Å². The van der Waals surface area contributed by atoms with Crippen molar-refractivity contribution in [3.05, 3.63) is 24.0 Å². The number of hydrogen-bond acceptors (Lipinski definition) is 3. The van der Waals surface area contributed by atoms with Crippen LogP contribution in [0.4, 0.5) is 5.69 Å². The van der Waals surface area contributed by atoms with Crippen LogP contribution in [0.3, 0.4) is 0 Å². The monoisotopic (exact) mass is 287 g/mol. The number of anilines is 1. The van der Waals surface area contributed by atoms with Crippen LogP contribution in [-0.2, 0) is 9.59 Å². The van der Waals surface area contributed by atoms with Gasteiger partial charge in [0.1, 0.15) is 6.04 Å². The number of aromatic nitrogens is 1. The third-order valence-corrected chi connectivity index (χ3v) is 4.87. The highest BCUT2D eigenvalue weighted by Crippen LogP contribution is 2.48. The van der Waals surface area contributed by atoms with Crippen molar-refractivity contribution in [2.24, 2.45) is 11.1 Å². The van der Waals surface area contributed by atoms with E-state index in [0.717, 1.165) is 37.1 Å². The van der Waals surface area contributed by atoms with Crippen LogP contribution in [0, 0.1) is 12.3 Å². The Hall–Kier alpha value is -1.91. The van der Waals surface area contributed by atoms with E-state index in [1.54, 1.807) is 17.2 Å². The van der Waals surface area contributed by atoms with E-state index in [0.29, 0.717) is 6.42 Å². The van der Waals surface area contributed by atoms with Gasteiger partial charge in [0.15, 0.2) is 0 Å². The Morgan fingerprint density at radius 3 is 2.71 bits per heavy atom. The SMILES string of the molecule is Cc1cc(N2C(=O)C3(CCCCC3)CC2C(N)=O)ccn1. The fourth-order valence-corrected chi connectivity index (χ4v) is 3.80. The van der Waals surface area contributed by atoms with Crippen LogP contribution in [0.1, 0.15) is 44.2 Å². The molecule has 1 spiro atoms. The van der Waals surface area contributed by atoms with E-state index in [9.17, 15) is 9.59 Å². The van der Waals surface area contributed by atoms with E-state index in [4.69, 9.17) is 5.73 Å². The standard InChI is InChI=1S/C16H21N3O2/c1-11-9-12(5-8-18-11)19-13(14(17)20)10-16(15(19)21)6-3-2-4-7-16/h5,8-9,13H,2-4,6-7,10H2,1H3,(H2,17,20). The molecule has 1 aromatic heterocycles. The number of rotatable bonds is 2. The van der Waals surface area contributed by atoms with Gasteiger partial charge in [-0.15, -0.1) is 0 Å². The predicted octanol–water partition coefficient (Wildman–Crippen LogP) is 1.93. The zero-order valence-corrected chi connectivity index (χ0v) is 12.3. The van der Waals surface area contributed by atoms with Gasteiger partial charge in [0.2, 0.25) is 11.8 Å². The minimum absolute atomic E-state index is 0.0663. The summed E-state index contributed by atoms with van der Waals surface area (Å²) in [4.78, 5) is 30.6. The molecule has 5 heteroatoms. The lowest BCUT2D eigenvalue weighted by molar-refractivity contribution is -0.127. The quantitative estimate of drug-likeness (QED) is 0.903. The molecule has 112 valence electrons. The smallest absolute Gasteiger partial charge is 0.240 e. The van der Waals surface area contributed by atoms with E-state index in [1.165, 1.54) is 6.42 Å². The lowest BCUT2D eigenvalue weighted by Gasteiger charge is -2.31. The molecule has 2 fully saturated rings. The van der Waals surface area contributed by atoms with Gasteiger partial charge in [0.25, 0.3) is 0 Å². The van der Waals surface area contributed by atoms with Crippen LogP contribution >= 0.6 is 0 Å². The van der Waals surface area contributed by atoms with Crippen LogP contribution in [0.5, 0.6) is 0 Å². The van der Waals surface area contributed by atoms with Crippen molar-refractivity contribution in [3.63, 3.8) is 0 Å². The maximum atomic E-state index is 13.0. The minimum Gasteiger partial charge on any atom is -0.368 e. The molecule has 1 atom stereocenters. The molecular formula is C16H21N3O2. The Bertz CT molecular complexity index is 579. The van der Waals surface area contributed by atoms with Crippen LogP contribution in [0.2, 0.25) is 0 Å². The Balaban J connectivity index is 2.00. The molecule has 2 heterocycles. The number of primary amides is 1. The summed E-state index contributed by atoms with van der Waals surface area (Å²) in [6, 6.07) is 3.09. The fraction of sp³-hybridized carbons (Fsp3) is 0.562. The summed E-state index contributed by atoms with van der Waals surface area (Å²) in [5.74, 6) is -0.350. The van der Waals surface area contributed by atoms with Crippen LogP contribution in [0.25, 0.3) is 0 Å². The number of hydrogen-bond donors (Lipinski definition) is 1. The number of carbonyl (C=O) groups excluding carboxylic acids is 2. The molecule has 1 saturated heterocycles. The molecule has 2 N–H and O–H groups in total. The number of pyridine rings is 1. The first-order valence-corrected chi connectivity index (χ1v) is 7.59. The summed E-state index contributed by atoms with van der Waals surface area (Å²) < 4.78 is 0. The molecule has 2 aliphatic rings. The zero-order chi connectivity index (χ0) is 15.0. The summed E-state index contributed by atoms with van der Waals surface area (Å²) in [5, 5.41) is 0. The number of nitrogens with zero attached hydrogens (tertiary/aromatic N) is 2. The van der Waals surface area contributed by atoms with Crippen molar-refractivity contribution < 1.29 is 9.59 Å². The lowest BCUT2D eigenvalue weighted by atomic mass is 9.72. The first-order valence-electron chi connectivity index (χ1n) is 7.59. The van der Waals surface area contributed by atoms with E-state index in [2.05, 4.69) is 4.98 Å². The number of amides is 2. The second kappa shape index (κ2) is 5.13. The van der Waals surface area contributed by atoms with Crippen LogP contribution in [0.15, 0.2) is 18.3 Å². The lowest BCUT2D eigenvalue weighted by Crippen LogP contribution is -2.43. The van der Waals surface area contributed by atoms with E-state index in [1.807, 2.05) is 13.0 Å². The molecule has 1 aliphatic heterocycles. The van der Waals surface area contributed by atoms with Gasteiger partial charge >= 0.3 is 0 Å². The van der Waals surface area contributed by atoms with E-state index >= 15 is 0 Å². The molecule has 1 saturated carbocycles. The maximum absolute atomic E-state index is 13.0. The molecule has 21 heavy (non-hydrogen) atoms. The van der Waals surface area contributed by atoms with Crippen molar-refractivity contribution >= 4 is 17.5 Å². The molecule has 5 nitrogen and oxygen atoms in total. The minimum atomic E-state index is -0.530. The summed E-state index contributed by atoms with van der Waals surface area (Å²) in [5.41, 5.74) is 6.75. The van der Waals surface area contributed by atoms with Crippen LogP contribution < -0.4 is 10.6 Å². The van der Waals surface area contributed by atoms with E-state index in [-0.39, 0.29) is 11.3 Å². The highest BCUT2D eigenvalue weighted by atomic mass is 16.2. The fourth-order valence-electron chi connectivity index (χ4n) is 3.80. The number of nitrogens with two attached hydrogens (primary N) is 1. The first kappa shape index (κ1) is 14.0. The molecule has 1 aromatic rings. The van der Waals surface area contributed by atoms with Gasteiger partial charge in [-0.05, 0) is 38.3 Å². The molecular weight excluding hydrogens is 266 g/mol. The molecule has 3 rings (SSSR count). The highest BCUT2D eigenvalue weighted by molar-refractivity contribution is 6.06. The number of aryl methyl sites for hydroxylation is 1. The molecule has 0 radical (unpaired) electrons.